The van der Waals surface area contributed by atoms with Crippen LogP contribution in [0.1, 0.15) is 23.6 Å². The number of phenolic OH excluding ortho intramolecular Hbond substituents is 1. The van der Waals surface area contributed by atoms with Crippen LogP contribution in [0.2, 0.25) is 5.02 Å². The second-order valence-corrected chi connectivity index (χ2v) is 5.70. The quantitative estimate of drug-likeness (QED) is 0.694. The Balaban J connectivity index is 2.24. The minimum absolute atomic E-state index is 0.189. The molecular formula is C19H22ClNO2. The Labute approximate surface area is 142 Å². The van der Waals surface area contributed by atoms with Gasteiger partial charge in [0.05, 0.1) is 6.61 Å². The van der Waals surface area contributed by atoms with E-state index in [2.05, 4.69) is 11.9 Å². The Morgan fingerprint density at radius 2 is 2.13 bits per heavy atom. The highest BCUT2D eigenvalue weighted by Crippen LogP contribution is 2.33. The Morgan fingerprint density at radius 1 is 1.35 bits per heavy atom. The molecular weight excluding hydrogens is 310 g/mol. The standard InChI is InChI=1S/C19H22ClNO2/c1-4-7-15-10-14(11-18(19(15)22)23-5-2)12-21-17-9-6-8-16(20)13(17)3/h4,6,8-11,21-22H,1,5,7,12H2,2-3H3. The van der Waals surface area contributed by atoms with Gasteiger partial charge in [-0.1, -0.05) is 23.7 Å². The van der Waals surface area contributed by atoms with Crippen LogP contribution in [0.5, 0.6) is 11.5 Å². The molecule has 2 aromatic carbocycles. The zero-order valence-corrected chi connectivity index (χ0v) is 14.3. The van der Waals surface area contributed by atoms with Gasteiger partial charge in [-0.2, -0.15) is 0 Å². The molecule has 3 nitrogen and oxygen atoms in total. The smallest absolute Gasteiger partial charge is 0.161 e. The summed E-state index contributed by atoms with van der Waals surface area (Å²) < 4.78 is 5.53. The van der Waals surface area contributed by atoms with E-state index in [9.17, 15) is 5.11 Å². The molecule has 2 N–H and O–H groups in total. The second kappa shape index (κ2) is 7.93. The van der Waals surface area contributed by atoms with Crippen molar-refractivity contribution in [2.45, 2.75) is 26.8 Å². The average molecular weight is 332 g/mol. The molecule has 0 fully saturated rings. The van der Waals surface area contributed by atoms with Crippen LogP contribution < -0.4 is 10.1 Å². The van der Waals surface area contributed by atoms with Gasteiger partial charge in [0.15, 0.2) is 11.5 Å². The summed E-state index contributed by atoms with van der Waals surface area (Å²) in [6.07, 6.45) is 2.36. The maximum Gasteiger partial charge on any atom is 0.161 e. The van der Waals surface area contributed by atoms with Crippen LogP contribution in [0.3, 0.4) is 0 Å². The van der Waals surface area contributed by atoms with Crippen LogP contribution in [0, 0.1) is 6.92 Å². The average Bonchev–Trinajstić information content (AvgIpc) is 2.53. The highest BCUT2D eigenvalue weighted by molar-refractivity contribution is 6.31. The first-order chi connectivity index (χ1) is 11.1. The summed E-state index contributed by atoms with van der Waals surface area (Å²) in [5.74, 6) is 0.695. The van der Waals surface area contributed by atoms with Crippen molar-refractivity contribution in [3.63, 3.8) is 0 Å². The number of hydrogen-bond donors (Lipinski definition) is 2. The van der Waals surface area contributed by atoms with Crippen molar-refractivity contribution in [2.24, 2.45) is 0 Å². The molecule has 2 rings (SSSR count). The molecule has 0 aliphatic rings. The van der Waals surface area contributed by atoms with Gasteiger partial charge < -0.3 is 15.2 Å². The summed E-state index contributed by atoms with van der Waals surface area (Å²) in [6, 6.07) is 9.61. The molecule has 0 unspecified atom stereocenters. The van der Waals surface area contributed by atoms with E-state index in [-0.39, 0.29) is 5.75 Å². The lowest BCUT2D eigenvalue weighted by Crippen LogP contribution is -2.03. The molecule has 0 saturated carbocycles. The molecule has 0 amide bonds. The molecule has 122 valence electrons. The number of rotatable bonds is 7. The van der Waals surface area contributed by atoms with Crippen LogP contribution >= 0.6 is 11.6 Å². The summed E-state index contributed by atoms with van der Waals surface area (Å²) in [5, 5.41) is 14.4. The first-order valence-corrected chi connectivity index (χ1v) is 8.02. The lowest BCUT2D eigenvalue weighted by atomic mass is 10.1. The van der Waals surface area contributed by atoms with Gasteiger partial charge in [-0.05, 0) is 55.7 Å². The molecule has 0 radical (unpaired) electrons. The summed E-state index contributed by atoms with van der Waals surface area (Å²) >= 11 is 6.15. The van der Waals surface area contributed by atoms with Gasteiger partial charge in [0.1, 0.15) is 0 Å². The minimum atomic E-state index is 0.189. The van der Waals surface area contributed by atoms with Crippen molar-refractivity contribution >= 4 is 17.3 Å². The fourth-order valence-corrected chi connectivity index (χ4v) is 2.58. The SMILES string of the molecule is C=CCc1cc(CNc2cccc(Cl)c2C)cc(OCC)c1O. The van der Waals surface area contributed by atoms with E-state index in [1.807, 2.05) is 44.2 Å². The first-order valence-electron chi connectivity index (χ1n) is 7.64. The second-order valence-electron chi connectivity index (χ2n) is 5.29. The van der Waals surface area contributed by atoms with Crippen LogP contribution in [0.4, 0.5) is 5.69 Å². The zero-order chi connectivity index (χ0) is 16.8. The fourth-order valence-electron chi connectivity index (χ4n) is 2.40. The largest absolute Gasteiger partial charge is 0.504 e. The molecule has 23 heavy (non-hydrogen) atoms. The number of anilines is 1. The maximum absolute atomic E-state index is 10.2. The normalized spacial score (nSPS) is 10.4. The van der Waals surface area contributed by atoms with E-state index in [1.165, 1.54) is 0 Å². The molecule has 4 heteroatoms. The van der Waals surface area contributed by atoms with Gasteiger partial charge in [-0.25, -0.2) is 0 Å². The van der Waals surface area contributed by atoms with Gasteiger partial charge in [-0.15, -0.1) is 6.58 Å². The van der Waals surface area contributed by atoms with Crippen LogP contribution in [-0.4, -0.2) is 11.7 Å². The van der Waals surface area contributed by atoms with Crippen molar-refractivity contribution in [3.05, 3.63) is 64.7 Å². The van der Waals surface area contributed by atoms with Gasteiger partial charge >= 0.3 is 0 Å². The topological polar surface area (TPSA) is 41.5 Å². The molecule has 0 aromatic heterocycles. The highest BCUT2D eigenvalue weighted by Gasteiger charge is 2.11. The Kier molecular flexibility index (Phi) is 5.94. The number of halogens is 1. The Bertz CT molecular complexity index is 698. The number of phenols is 1. The van der Waals surface area contributed by atoms with Crippen LogP contribution in [0.15, 0.2) is 43.0 Å². The summed E-state index contributed by atoms with van der Waals surface area (Å²) in [5.41, 5.74) is 3.85. The van der Waals surface area contributed by atoms with Crippen molar-refractivity contribution in [2.75, 3.05) is 11.9 Å². The highest BCUT2D eigenvalue weighted by atomic mass is 35.5. The lowest BCUT2D eigenvalue weighted by Gasteiger charge is -2.15. The van der Waals surface area contributed by atoms with Gasteiger partial charge in [0.2, 0.25) is 0 Å². The lowest BCUT2D eigenvalue weighted by molar-refractivity contribution is 0.316. The molecule has 0 aliphatic heterocycles. The molecule has 0 bridgehead atoms. The molecule has 0 aliphatic carbocycles. The van der Waals surface area contributed by atoms with Crippen molar-refractivity contribution in [1.82, 2.24) is 0 Å². The van der Waals surface area contributed by atoms with Crippen LogP contribution in [0.25, 0.3) is 0 Å². The van der Waals surface area contributed by atoms with Crippen molar-refractivity contribution in [3.8, 4) is 11.5 Å². The Morgan fingerprint density at radius 3 is 2.83 bits per heavy atom. The third-order valence-electron chi connectivity index (χ3n) is 3.63. The van der Waals surface area contributed by atoms with E-state index >= 15 is 0 Å². The van der Waals surface area contributed by atoms with Crippen molar-refractivity contribution in [1.29, 1.82) is 0 Å². The zero-order valence-electron chi connectivity index (χ0n) is 13.5. The number of allylic oxidation sites excluding steroid dienone is 1. The van der Waals surface area contributed by atoms with Gasteiger partial charge in [-0.3, -0.25) is 0 Å². The minimum Gasteiger partial charge on any atom is -0.504 e. The molecule has 2 aromatic rings. The first kappa shape index (κ1) is 17.2. The van der Waals surface area contributed by atoms with E-state index < -0.39 is 0 Å². The summed E-state index contributed by atoms with van der Waals surface area (Å²) in [4.78, 5) is 0. The van der Waals surface area contributed by atoms with E-state index in [0.717, 1.165) is 27.4 Å². The number of benzene rings is 2. The maximum atomic E-state index is 10.2. The van der Waals surface area contributed by atoms with Crippen molar-refractivity contribution < 1.29 is 9.84 Å². The molecule has 0 atom stereocenters. The van der Waals surface area contributed by atoms with Gasteiger partial charge in [0.25, 0.3) is 0 Å². The molecule has 0 heterocycles. The van der Waals surface area contributed by atoms with Gasteiger partial charge in [0, 0.05) is 22.8 Å². The van der Waals surface area contributed by atoms with Crippen LogP contribution in [-0.2, 0) is 13.0 Å². The third kappa shape index (κ3) is 4.20. The Hall–Kier alpha value is -2.13. The third-order valence-corrected chi connectivity index (χ3v) is 4.04. The number of aromatic hydroxyl groups is 1. The number of ether oxygens (including phenoxy) is 1. The number of hydrogen-bond acceptors (Lipinski definition) is 3. The van der Waals surface area contributed by atoms with E-state index in [1.54, 1.807) is 6.08 Å². The summed E-state index contributed by atoms with van der Waals surface area (Å²) in [6.45, 7) is 8.74. The van der Waals surface area contributed by atoms with E-state index in [4.69, 9.17) is 16.3 Å². The predicted molar refractivity (Wildman–Crippen MR) is 96.7 cm³/mol. The predicted octanol–water partition coefficient (Wildman–Crippen LogP) is 5.09. The number of nitrogens with one attached hydrogen (secondary N) is 1. The molecule has 0 saturated heterocycles. The molecule has 0 spiro atoms. The monoisotopic (exact) mass is 331 g/mol. The van der Waals surface area contributed by atoms with E-state index in [0.29, 0.717) is 25.3 Å². The summed E-state index contributed by atoms with van der Waals surface area (Å²) in [7, 11) is 0. The fraction of sp³-hybridized carbons (Fsp3) is 0.263.